The lowest BCUT2D eigenvalue weighted by Crippen LogP contribution is -2.39. The van der Waals surface area contributed by atoms with Crippen LogP contribution in [0.2, 0.25) is 0 Å². The summed E-state index contributed by atoms with van der Waals surface area (Å²) in [5, 5.41) is 2.94. The molecule has 0 spiro atoms. The minimum Gasteiger partial charge on any atom is -0.378 e. The van der Waals surface area contributed by atoms with Gasteiger partial charge in [-0.25, -0.2) is 0 Å². The molecule has 8 heteroatoms. The molecule has 3 aromatic rings. The molecule has 8 nitrogen and oxygen atoms in total. The average molecular weight is 462 g/mol. The Morgan fingerprint density at radius 1 is 1.09 bits per heavy atom. The fourth-order valence-electron chi connectivity index (χ4n) is 3.95. The lowest BCUT2D eigenvalue weighted by molar-refractivity contribution is 0.102. The molecule has 0 aromatic carbocycles. The Hall–Kier alpha value is -3.52. The van der Waals surface area contributed by atoms with Crippen LogP contribution in [0, 0.1) is 6.92 Å². The quantitative estimate of drug-likeness (QED) is 0.639. The number of nitrogens with zero attached hydrogens (tertiary/aromatic N) is 4. The van der Waals surface area contributed by atoms with Gasteiger partial charge in [-0.1, -0.05) is 20.8 Å². The van der Waals surface area contributed by atoms with Crippen molar-refractivity contribution in [3.05, 3.63) is 70.0 Å². The first kappa shape index (κ1) is 23.6. The second-order valence-electron chi connectivity index (χ2n) is 9.59. The number of amides is 1. The van der Waals surface area contributed by atoms with E-state index in [1.54, 1.807) is 36.1 Å². The van der Waals surface area contributed by atoms with Crippen LogP contribution in [-0.2, 0) is 17.2 Å². The number of carbonyl (C=O) groups excluding carboxylic acids is 1. The third-order valence-corrected chi connectivity index (χ3v) is 6.02. The molecule has 1 fully saturated rings. The summed E-state index contributed by atoms with van der Waals surface area (Å²) in [6.45, 7) is 10.8. The van der Waals surface area contributed by atoms with E-state index in [0.29, 0.717) is 24.5 Å². The van der Waals surface area contributed by atoms with Crippen LogP contribution in [-0.4, -0.2) is 46.7 Å². The van der Waals surface area contributed by atoms with E-state index >= 15 is 0 Å². The Balaban J connectivity index is 1.65. The number of pyridine rings is 3. The predicted octanol–water partition coefficient (Wildman–Crippen LogP) is 3.54. The fraction of sp³-hybridized carbons (Fsp3) is 0.385. The predicted molar refractivity (Wildman–Crippen MR) is 134 cm³/mol. The van der Waals surface area contributed by atoms with Crippen molar-refractivity contribution in [3.63, 3.8) is 0 Å². The summed E-state index contributed by atoms with van der Waals surface area (Å²) in [5.41, 5.74) is 4.03. The van der Waals surface area contributed by atoms with Gasteiger partial charge in [-0.3, -0.25) is 24.1 Å². The van der Waals surface area contributed by atoms with Crippen molar-refractivity contribution in [1.29, 1.82) is 0 Å². The van der Waals surface area contributed by atoms with E-state index in [1.807, 2.05) is 25.1 Å². The van der Waals surface area contributed by atoms with Crippen molar-refractivity contribution in [3.8, 4) is 11.1 Å². The van der Waals surface area contributed by atoms with Crippen LogP contribution in [0.3, 0.4) is 0 Å². The molecule has 1 N–H and O–H groups in total. The van der Waals surface area contributed by atoms with Gasteiger partial charge in [0.1, 0.15) is 5.82 Å². The zero-order valence-corrected chi connectivity index (χ0v) is 20.4. The van der Waals surface area contributed by atoms with E-state index in [1.165, 1.54) is 0 Å². The van der Waals surface area contributed by atoms with Gasteiger partial charge in [0.25, 0.3) is 11.5 Å². The molecule has 0 saturated carbocycles. The van der Waals surface area contributed by atoms with Crippen LogP contribution in [0.5, 0.6) is 0 Å². The van der Waals surface area contributed by atoms with Crippen molar-refractivity contribution in [1.82, 2.24) is 14.5 Å². The third-order valence-electron chi connectivity index (χ3n) is 6.02. The molecule has 4 rings (SSSR count). The van der Waals surface area contributed by atoms with Crippen LogP contribution in [0.15, 0.2) is 47.5 Å². The maximum atomic E-state index is 12.9. The number of rotatable bonds is 4. The van der Waals surface area contributed by atoms with E-state index in [4.69, 9.17) is 4.74 Å². The monoisotopic (exact) mass is 461 g/mol. The number of aromatic nitrogens is 3. The van der Waals surface area contributed by atoms with Gasteiger partial charge in [0.05, 0.1) is 25.1 Å². The Kier molecular flexibility index (Phi) is 6.52. The highest BCUT2D eigenvalue weighted by atomic mass is 16.5. The smallest absolute Gasteiger partial charge is 0.255 e. The first-order valence-electron chi connectivity index (χ1n) is 11.4. The molecule has 3 aromatic heterocycles. The molecule has 1 amide bonds. The van der Waals surface area contributed by atoms with E-state index in [2.05, 4.69) is 41.0 Å². The number of carbonyl (C=O) groups is 1. The zero-order valence-electron chi connectivity index (χ0n) is 20.4. The van der Waals surface area contributed by atoms with Crippen LogP contribution in [0.4, 0.5) is 11.5 Å². The molecule has 4 heterocycles. The van der Waals surface area contributed by atoms with Gasteiger partial charge in [-0.05, 0) is 36.8 Å². The summed E-state index contributed by atoms with van der Waals surface area (Å²) in [5.74, 6) is 0.605. The molecule has 1 saturated heterocycles. The number of anilines is 2. The third kappa shape index (κ3) is 5.02. The lowest BCUT2D eigenvalue weighted by atomic mass is 9.91. The molecule has 0 aliphatic carbocycles. The first-order valence-corrected chi connectivity index (χ1v) is 11.4. The number of hydrogen-bond acceptors (Lipinski definition) is 6. The van der Waals surface area contributed by atoms with E-state index in [0.717, 1.165) is 41.4 Å². The highest BCUT2D eigenvalue weighted by Crippen LogP contribution is 2.28. The summed E-state index contributed by atoms with van der Waals surface area (Å²) in [6.07, 6.45) is 3.29. The Morgan fingerprint density at radius 3 is 2.53 bits per heavy atom. The fourth-order valence-corrected chi connectivity index (χ4v) is 3.95. The van der Waals surface area contributed by atoms with Crippen molar-refractivity contribution < 1.29 is 9.53 Å². The van der Waals surface area contributed by atoms with Crippen molar-refractivity contribution in [2.75, 3.05) is 36.5 Å². The topological polar surface area (TPSA) is 89.3 Å². The molecule has 1 aliphatic heterocycles. The summed E-state index contributed by atoms with van der Waals surface area (Å²) in [6, 6.07) is 8.98. The molecule has 1 aliphatic rings. The molecule has 34 heavy (non-hydrogen) atoms. The van der Waals surface area contributed by atoms with Gasteiger partial charge in [0.2, 0.25) is 0 Å². The Bertz CT molecular complexity index is 1270. The van der Waals surface area contributed by atoms with Gasteiger partial charge in [-0.2, -0.15) is 0 Å². The second-order valence-corrected chi connectivity index (χ2v) is 9.59. The lowest BCUT2D eigenvalue weighted by Gasteiger charge is -2.30. The highest BCUT2D eigenvalue weighted by Gasteiger charge is 2.19. The summed E-state index contributed by atoms with van der Waals surface area (Å²) in [7, 11) is 1.78. The van der Waals surface area contributed by atoms with Crippen LogP contribution < -0.4 is 15.8 Å². The standard InChI is InChI=1S/C26H31N5O3/c1-17-21(19-13-23(30(5)24(32)14-19)31-8-10-34-11-9-31)15-20(16-28-17)29-25(33)18-6-7-27-22(12-18)26(2,3)4/h6-7,12-16H,8-11H2,1-5H3,(H,29,33). The van der Waals surface area contributed by atoms with Crippen molar-refractivity contribution in [2.24, 2.45) is 7.05 Å². The molecular weight excluding hydrogens is 430 g/mol. The number of nitrogens with one attached hydrogen (secondary N) is 1. The normalized spacial score (nSPS) is 14.2. The van der Waals surface area contributed by atoms with Crippen LogP contribution in [0.1, 0.15) is 42.5 Å². The highest BCUT2D eigenvalue weighted by molar-refractivity contribution is 6.04. The zero-order chi connectivity index (χ0) is 24.5. The van der Waals surface area contributed by atoms with Crippen LogP contribution >= 0.6 is 0 Å². The molecular formula is C26H31N5O3. The average Bonchev–Trinajstić information content (AvgIpc) is 2.82. The Morgan fingerprint density at radius 2 is 1.82 bits per heavy atom. The van der Waals surface area contributed by atoms with Gasteiger partial charge < -0.3 is 15.0 Å². The molecule has 0 unspecified atom stereocenters. The molecule has 0 radical (unpaired) electrons. The van der Waals surface area contributed by atoms with Gasteiger partial charge in [-0.15, -0.1) is 0 Å². The number of hydrogen-bond donors (Lipinski definition) is 1. The largest absolute Gasteiger partial charge is 0.378 e. The van der Waals surface area contributed by atoms with Gasteiger partial charge >= 0.3 is 0 Å². The van der Waals surface area contributed by atoms with Gasteiger partial charge in [0.15, 0.2) is 0 Å². The first-order chi connectivity index (χ1) is 16.1. The molecule has 0 bridgehead atoms. The summed E-state index contributed by atoms with van der Waals surface area (Å²) >= 11 is 0. The molecule has 0 atom stereocenters. The number of morpholine rings is 1. The summed E-state index contributed by atoms with van der Waals surface area (Å²) in [4.78, 5) is 36.7. The van der Waals surface area contributed by atoms with E-state index in [9.17, 15) is 9.59 Å². The minimum absolute atomic E-state index is 0.0978. The summed E-state index contributed by atoms with van der Waals surface area (Å²) < 4.78 is 7.11. The maximum absolute atomic E-state index is 12.9. The van der Waals surface area contributed by atoms with Gasteiger partial charge in [0, 0.05) is 60.3 Å². The van der Waals surface area contributed by atoms with E-state index < -0.39 is 0 Å². The molecule has 178 valence electrons. The van der Waals surface area contributed by atoms with Crippen molar-refractivity contribution in [2.45, 2.75) is 33.1 Å². The SMILES string of the molecule is Cc1ncc(NC(=O)c2ccnc(C(C)(C)C)c2)cc1-c1cc(N2CCOCC2)n(C)c(=O)c1. The van der Waals surface area contributed by atoms with Crippen LogP contribution in [0.25, 0.3) is 11.1 Å². The van der Waals surface area contributed by atoms with E-state index in [-0.39, 0.29) is 16.9 Å². The number of aryl methyl sites for hydroxylation is 1. The Labute approximate surface area is 199 Å². The number of ether oxygens (including phenoxy) is 1. The maximum Gasteiger partial charge on any atom is 0.255 e. The second kappa shape index (κ2) is 9.38. The minimum atomic E-state index is -0.234. The van der Waals surface area contributed by atoms with Crippen molar-refractivity contribution >= 4 is 17.4 Å².